The van der Waals surface area contributed by atoms with Crippen LogP contribution in [-0.4, -0.2) is 18.4 Å². The van der Waals surface area contributed by atoms with Crippen molar-refractivity contribution in [1.29, 1.82) is 0 Å². The van der Waals surface area contributed by atoms with Gasteiger partial charge in [-0.25, -0.2) is 4.79 Å². The summed E-state index contributed by atoms with van der Waals surface area (Å²) in [5.74, 6) is -0.843. The van der Waals surface area contributed by atoms with E-state index in [0.717, 1.165) is 11.1 Å². The van der Waals surface area contributed by atoms with E-state index in [9.17, 15) is 14.4 Å². The van der Waals surface area contributed by atoms with Crippen molar-refractivity contribution in [3.05, 3.63) is 81.7 Å². The minimum Gasteiger partial charge on any atom is -0.459 e. The van der Waals surface area contributed by atoms with Crippen LogP contribution in [-0.2, 0) is 27.4 Å². The Labute approximate surface area is 155 Å². The fraction of sp³-hybridized carbons (Fsp3) is 0.190. The molecule has 3 aromatic rings. The lowest BCUT2D eigenvalue weighted by molar-refractivity contribution is -0.145. The average molecular weight is 365 g/mol. The molecule has 1 aromatic heterocycles. The molecule has 138 valence electrons. The van der Waals surface area contributed by atoms with Crippen LogP contribution in [0.5, 0.6) is 0 Å². The van der Waals surface area contributed by atoms with Crippen molar-refractivity contribution in [3.63, 3.8) is 0 Å². The Hall–Kier alpha value is -3.41. The maximum atomic E-state index is 11.9. The number of hydrogen-bond acceptors (Lipinski definition) is 5. The average Bonchev–Trinajstić information content (AvgIpc) is 2.64. The SMILES string of the molecule is Cc1ccc2c(COC(=O)CNC(=O)Cc3ccccc3)cc(=O)oc2c1. The zero-order chi connectivity index (χ0) is 19.2. The Kier molecular flexibility index (Phi) is 5.66. The number of carbonyl (C=O) groups is 2. The van der Waals surface area contributed by atoms with Crippen molar-refractivity contribution >= 4 is 22.8 Å². The first-order valence-electron chi connectivity index (χ1n) is 8.51. The van der Waals surface area contributed by atoms with Crippen LogP contribution in [0, 0.1) is 6.92 Å². The maximum Gasteiger partial charge on any atom is 0.336 e. The third kappa shape index (κ3) is 5.04. The predicted molar refractivity (Wildman–Crippen MR) is 100 cm³/mol. The molecular formula is C21H19NO5. The number of aryl methyl sites for hydroxylation is 1. The highest BCUT2D eigenvalue weighted by molar-refractivity contribution is 5.84. The van der Waals surface area contributed by atoms with E-state index in [1.165, 1.54) is 6.07 Å². The lowest BCUT2D eigenvalue weighted by Gasteiger charge is -2.08. The van der Waals surface area contributed by atoms with Gasteiger partial charge < -0.3 is 14.5 Å². The van der Waals surface area contributed by atoms with Crippen molar-refractivity contribution in [2.45, 2.75) is 20.0 Å². The van der Waals surface area contributed by atoms with Gasteiger partial charge in [-0.3, -0.25) is 9.59 Å². The van der Waals surface area contributed by atoms with E-state index >= 15 is 0 Å². The Balaban J connectivity index is 1.56. The predicted octanol–water partition coefficient (Wildman–Crippen LogP) is 2.50. The van der Waals surface area contributed by atoms with E-state index in [-0.39, 0.29) is 25.5 Å². The summed E-state index contributed by atoms with van der Waals surface area (Å²) in [6.45, 7) is 1.59. The van der Waals surface area contributed by atoms with Crippen LogP contribution in [0.1, 0.15) is 16.7 Å². The van der Waals surface area contributed by atoms with E-state index < -0.39 is 11.6 Å². The van der Waals surface area contributed by atoms with Gasteiger partial charge in [0.25, 0.3) is 0 Å². The number of carbonyl (C=O) groups excluding carboxylic acids is 2. The molecule has 0 saturated heterocycles. The summed E-state index contributed by atoms with van der Waals surface area (Å²) in [5.41, 5.74) is 2.33. The summed E-state index contributed by atoms with van der Waals surface area (Å²) in [7, 11) is 0. The number of ether oxygens (including phenoxy) is 1. The van der Waals surface area contributed by atoms with Gasteiger partial charge in [0.2, 0.25) is 5.91 Å². The Morgan fingerprint density at radius 3 is 2.63 bits per heavy atom. The van der Waals surface area contributed by atoms with Crippen molar-refractivity contribution in [3.8, 4) is 0 Å². The molecule has 0 unspecified atom stereocenters. The molecule has 0 saturated carbocycles. The van der Waals surface area contributed by atoms with Gasteiger partial charge in [0, 0.05) is 17.0 Å². The molecule has 0 fully saturated rings. The molecule has 0 aliphatic carbocycles. The zero-order valence-electron chi connectivity index (χ0n) is 14.9. The van der Waals surface area contributed by atoms with Crippen LogP contribution in [0.4, 0.5) is 0 Å². The monoisotopic (exact) mass is 365 g/mol. The molecule has 0 spiro atoms. The van der Waals surface area contributed by atoms with Crippen LogP contribution < -0.4 is 10.9 Å². The second-order valence-corrected chi connectivity index (χ2v) is 6.19. The lowest BCUT2D eigenvalue weighted by atomic mass is 10.1. The third-order valence-electron chi connectivity index (χ3n) is 4.01. The van der Waals surface area contributed by atoms with Crippen molar-refractivity contribution in [2.24, 2.45) is 0 Å². The summed E-state index contributed by atoms with van der Waals surface area (Å²) in [6, 6.07) is 16.0. The van der Waals surface area contributed by atoms with Crippen LogP contribution in [0.15, 0.2) is 63.8 Å². The van der Waals surface area contributed by atoms with Crippen LogP contribution in [0.3, 0.4) is 0 Å². The van der Waals surface area contributed by atoms with E-state index in [0.29, 0.717) is 16.5 Å². The number of benzene rings is 2. The first-order chi connectivity index (χ1) is 13.0. The molecule has 1 N–H and O–H groups in total. The Morgan fingerprint density at radius 1 is 1.07 bits per heavy atom. The van der Waals surface area contributed by atoms with E-state index in [1.54, 1.807) is 6.07 Å². The largest absolute Gasteiger partial charge is 0.459 e. The van der Waals surface area contributed by atoms with Gasteiger partial charge in [-0.1, -0.05) is 42.5 Å². The van der Waals surface area contributed by atoms with Crippen molar-refractivity contribution in [2.75, 3.05) is 6.54 Å². The second-order valence-electron chi connectivity index (χ2n) is 6.19. The van der Waals surface area contributed by atoms with Crippen LogP contribution >= 0.6 is 0 Å². The van der Waals surface area contributed by atoms with Gasteiger partial charge in [0.1, 0.15) is 18.7 Å². The maximum absolute atomic E-state index is 11.9. The number of fused-ring (bicyclic) bond motifs is 1. The normalized spacial score (nSPS) is 10.6. The lowest BCUT2D eigenvalue weighted by Crippen LogP contribution is -2.31. The molecule has 0 bridgehead atoms. The number of esters is 1. The fourth-order valence-corrected chi connectivity index (χ4v) is 2.68. The number of hydrogen-bond donors (Lipinski definition) is 1. The number of nitrogens with one attached hydrogen (secondary N) is 1. The van der Waals surface area contributed by atoms with E-state index in [4.69, 9.17) is 9.15 Å². The molecule has 6 heteroatoms. The standard InChI is InChI=1S/C21H19NO5/c1-14-7-8-17-16(11-20(24)27-18(17)9-14)13-26-21(25)12-22-19(23)10-15-5-3-2-4-6-15/h2-9,11H,10,12-13H2,1H3,(H,22,23). The molecule has 0 atom stereocenters. The zero-order valence-corrected chi connectivity index (χ0v) is 14.9. The molecule has 0 aliphatic rings. The third-order valence-corrected chi connectivity index (χ3v) is 4.01. The molecule has 1 amide bonds. The fourth-order valence-electron chi connectivity index (χ4n) is 2.68. The van der Waals surface area contributed by atoms with Gasteiger partial charge >= 0.3 is 11.6 Å². The second kappa shape index (κ2) is 8.31. The highest BCUT2D eigenvalue weighted by atomic mass is 16.5. The molecule has 0 aliphatic heterocycles. The summed E-state index contributed by atoms with van der Waals surface area (Å²) in [6.07, 6.45) is 0.192. The molecule has 6 nitrogen and oxygen atoms in total. The molecule has 27 heavy (non-hydrogen) atoms. The van der Waals surface area contributed by atoms with Crippen LogP contribution in [0.2, 0.25) is 0 Å². The minimum atomic E-state index is -0.579. The first kappa shape index (κ1) is 18.4. The summed E-state index contributed by atoms with van der Waals surface area (Å²) in [5, 5.41) is 3.24. The smallest absolute Gasteiger partial charge is 0.336 e. The summed E-state index contributed by atoms with van der Waals surface area (Å²) in [4.78, 5) is 35.5. The van der Waals surface area contributed by atoms with Crippen molar-refractivity contribution < 1.29 is 18.7 Å². The Bertz CT molecular complexity index is 1020. The van der Waals surface area contributed by atoms with Gasteiger partial charge in [-0.2, -0.15) is 0 Å². The van der Waals surface area contributed by atoms with Crippen LogP contribution in [0.25, 0.3) is 11.0 Å². The highest BCUT2D eigenvalue weighted by Gasteiger charge is 2.11. The van der Waals surface area contributed by atoms with Gasteiger partial charge in [-0.15, -0.1) is 0 Å². The van der Waals surface area contributed by atoms with Gasteiger partial charge in [0.05, 0.1) is 6.42 Å². The van der Waals surface area contributed by atoms with Crippen molar-refractivity contribution in [1.82, 2.24) is 5.32 Å². The van der Waals surface area contributed by atoms with Gasteiger partial charge in [-0.05, 0) is 24.1 Å². The molecule has 1 heterocycles. The number of rotatable bonds is 6. The topological polar surface area (TPSA) is 85.6 Å². The van der Waals surface area contributed by atoms with E-state index in [1.807, 2.05) is 49.4 Å². The highest BCUT2D eigenvalue weighted by Crippen LogP contribution is 2.19. The molecular weight excluding hydrogens is 346 g/mol. The molecule has 2 aromatic carbocycles. The minimum absolute atomic E-state index is 0.0709. The Morgan fingerprint density at radius 2 is 1.85 bits per heavy atom. The quantitative estimate of drug-likeness (QED) is 0.536. The van der Waals surface area contributed by atoms with Gasteiger partial charge in [0.15, 0.2) is 0 Å². The summed E-state index contributed by atoms with van der Waals surface area (Å²) < 4.78 is 10.4. The summed E-state index contributed by atoms with van der Waals surface area (Å²) >= 11 is 0. The van der Waals surface area contributed by atoms with E-state index in [2.05, 4.69) is 5.32 Å². The molecule has 0 radical (unpaired) electrons. The molecule has 3 rings (SSSR count). The first-order valence-corrected chi connectivity index (χ1v) is 8.51. The number of amides is 1.